The van der Waals surface area contributed by atoms with Crippen molar-refractivity contribution in [2.45, 2.75) is 20.8 Å². The number of aliphatic hydroxyl groups excluding tert-OH is 1. The van der Waals surface area contributed by atoms with Gasteiger partial charge in [0, 0.05) is 0 Å². The Kier molecular flexibility index (Phi) is 6.41. The molecule has 1 aromatic carbocycles. The molecule has 0 unspecified atom stereocenters. The number of benzene rings is 1. The lowest BCUT2D eigenvalue weighted by atomic mass is 10.1. The molecule has 1 N–H and O–H groups in total. The van der Waals surface area contributed by atoms with Crippen LogP contribution in [-0.2, 0) is 4.74 Å². The van der Waals surface area contributed by atoms with Gasteiger partial charge in [0.1, 0.15) is 0 Å². The molecular weight excluding hydrogens is 180 g/mol. The summed E-state index contributed by atoms with van der Waals surface area (Å²) in [6.45, 7) is 5.24. The third kappa shape index (κ3) is 3.58. The van der Waals surface area contributed by atoms with E-state index in [-0.39, 0.29) is 0 Å². The Hall–Kier alpha value is -1.35. The summed E-state index contributed by atoms with van der Waals surface area (Å²) in [5.41, 5.74) is 1.34. The molecule has 1 aromatic rings. The number of rotatable bonds is 2. The molecule has 0 fully saturated rings. The Morgan fingerprint density at radius 2 is 1.93 bits per heavy atom. The van der Waals surface area contributed by atoms with E-state index in [1.54, 1.807) is 12.1 Å². The predicted octanol–water partition coefficient (Wildman–Crippen LogP) is 2.13. The minimum absolute atomic E-state index is 0.490. The molecule has 0 saturated carbocycles. The van der Waals surface area contributed by atoms with Crippen LogP contribution in [0.1, 0.15) is 29.8 Å². The smallest absolute Gasteiger partial charge is 0.340 e. The lowest BCUT2D eigenvalue weighted by Gasteiger charge is -2.02. The Bertz CT molecular complexity index is 282. The van der Waals surface area contributed by atoms with Gasteiger partial charge in [-0.2, -0.15) is 0 Å². The zero-order chi connectivity index (χ0) is 11.0. The van der Waals surface area contributed by atoms with Crippen molar-refractivity contribution in [3.63, 3.8) is 0 Å². The summed E-state index contributed by atoms with van der Waals surface area (Å²) < 4.78 is 4.43. The van der Waals surface area contributed by atoms with Crippen LogP contribution in [0.2, 0.25) is 0 Å². The normalized spacial score (nSPS) is 8.57. The van der Waals surface area contributed by atoms with Gasteiger partial charge in [0.05, 0.1) is 5.56 Å². The average molecular weight is 196 g/mol. The van der Waals surface area contributed by atoms with E-state index in [0.717, 1.165) is 5.56 Å². The minimum Gasteiger partial charge on any atom is -0.435 e. The second kappa shape index (κ2) is 7.09. The lowest BCUT2D eigenvalue weighted by molar-refractivity contribution is 0.00677. The van der Waals surface area contributed by atoms with Gasteiger partial charge >= 0.3 is 5.97 Å². The fraction of sp³-hybridized carbons (Fsp3) is 0.364. The molecule has 0 bridgehead atoms. The van der Waals surface area contributed by atoms with Gasteiger partial charge in [0.15, 0.2) is 6.79 Å². The first kappa shape index (κ1) is 12.7. The first-order valence-electron chi connectivity index (χ1n) is 4.59. The van der Waals surface area contributed by atoms with Crippen molar-refractivity contribution >= 4 is 5.97 Å². The van der Waals surface area contributed by atoms with E-state index >= 15 is 0 Å². The van der Waals surface area contributed by atoms with E-state index in [9.17, 15) is 4.79 Å². The molecule has 3 heteroatoms. The number of carbonyl (C=O) groups excluding carboxylic acids is 1. The summed E-state index contributed by atoms with van der Waals surface area (Å²) in [5.74, 6) is -0.490. The Morgan fingerprint density at radius 3 is 2.43 bits per heavy atom. The maximum atomic E-state index is 11.1. The second-order valence-corrected chi connectivity index (χ2v) is 2.38. The van der Waals surface area contributed by atoms with Crippen LogP contribution in [-0.4, -0.2) is 17.9 Å². The van der Waals surface area contributed by atoms with Crippen molar-refractivity contribution < 1.29 is 14.6 Å². The minimum atomic E-state index is -0.576. The fourth-order valence-electron chi connectivity index (χ4n) is 0.938. The Balaban J connectivity index is 0.000000791. The highest BCUT2D eigenvalue weighted by Gasteiger charge is 2.07. The number of ether oxygens (including phenoxy) is 1. The molecule has 0 aliphatic rings. The zero-order valence-corrected chi connectivity index (χ0v) is 8.78. The second-order valence-electron chi connectivity index (χ2n) is 2.38. The summed E-state index contributed by atoms with van der Waals surface area (Å²) in [7, 11) is 0. The van der Waals surface area contributed by atoms with Crippen molar-refractivity contribution in [1.29, 1.82) is 0 Å². The van der Waals surface area contributed by atoms with Crippen molar-refractivity contribution in [2.24, 2.45) is 0 Å². The molecule has 0 aromatic heterocycles. The summed E-state index contributed by atoms with van der Waals surface area (Å²) in [5, 5.41) is 8.35. The SMILES string of the molecule is CC.Cc1ccccc1C(=O)OCO. The zero-order valence-electron chi connectivity index (χ0n) is 8.78. The van der Waals surface area contributed by atoms with E-state index in [4.69, 9.17) is 5.11 Å². The van der Waals surface area contributed by atoms with E-state index in [2.05, 4.69) is 4.74 Å². The van der Waals surface area contributed by atoms with Crippen LogP contribution in [0.3, 0.4) is 0 Å². The van der Waals surface area contributed by atoms with Crippen LogP contribution in [0.15, 0.2) is 24.3 Å². The molecule has 0 amide bonds. The van der Waals surface area contributed by atoms with E-state index < -0.39 is 12.8 Å². The molecule has 14 heavy (non-hydrogen) atoms. The molecule has 3 nitrogen and oxygen atoms in total. The molecular formula is C11H16O3. The highest BCUT2D eigenvalue weighted by atomic mass is 16.6. The van der Waals surface area contributed by atoms with Gasteiger partial charge in [0.25, 0.3) is 0 Å². The van der Waals surface area contributed by atoms with Crippen molar-refractivity contribution in [2.75, 3.05) is 6.79 Å². The summed E-state index contributed by atoms with van der Waals surface area (Å²) in [4.78, 5) is 11.1. The molecule has 0 spiro atoms. The summed E-state index contributed by atoms with van der Waals surface area (Å²) in [6.07, 6.45) is 0. The lowest BCUT2D eigenvalue weighted by Crippen LogP contribution is -2.07. The number of aliphatic hydroxyl groups is 1. The summed E-state index contributed by atoms with van der Waals surface area (Å²) in [6, 6.07) is 7.06. The van der Waals surface area contributed by atoms with Gasteiger partial charge < -0.3 is 9.84 Å². The number of hydrogen-bond donors (Lipinski definition) is 1. The van der Waals surface area contributed by atoms with Gasteiger partial charge in [-0.05, 0) is 18.6 Å². The predicted molar refractivity (Wildman–Crippen MR) is 55.0 cm³/mol. The number of esters is 1. The van der Waals surface area contributed by atoms with E-state index in [1.807, 2.05) is 32.9 Å². The highest BCUT2D eigenvalue weighted by Crippen LogP contribution is 2.07. The molecule has 0 aliphatic carbocycles. The van der Waals surface area contributed by atoms with Gasteiger partial charge in [-0.3, -0.25) is 0 Å². The third-order valence-corrected chi connectivity index (χ3v) is 1.56. The molecule has 0 heterocycles. The fourth-order valence-corrected chi connectivity index (χ4v) is 0.938. The van der Waals surface area contributed by atoms with E-state index in [1.165, 1.54) is 0 Å². The summed E-state index contributed by atoms with van der Waals surface area (Å²) >= 11 is 0. The van der Waals surface area contributed by atoms with Crippen LogP contribution >= 0.6 is 0 Å². The quantitative estimate of drug-likeness (QED) is 0.582. The van der Waals surface area contributed by atoms with Crippen LogP contribution in [0.5, 0.6) is 0 Å². The van der Waals surface area contributed by atoms with Crippen LogP contribution in [0, 0.1) is 6.92 Å². The largest absolute Gasteiger partial charge is 0.435 e. The molecule has 0 saturated heterocycles. The van der Waals surface area contributed by atoms with Crippen LogP contribution < -0.4 is 0 Å². The first-order chi connectivity index (χ1) is 6.75. The topological polar surface area (TPSA) is 46.5 Å². The third-order valence-electron chi connectivity index (χ3n) is 1.56. The Labute approximate surface area is 84.3 Å². The molecule has 1 rings (SSSR count). The average Bonchev–Trinajstić information content (AvgIpc) is 2.22. The van der Waals surface area contributed by atoms with Crippen molar-refractivity contribution in [3.05, 3.63) is 35.4 Å². The van der Waals surface area contributed by atoms with Gasteiger partial charge in [0.2, 0.25) is 0 Å². The highest BCUT2D eigenvalue weighted by molar-refractivity contribution is 5.90. The first-order valence-corrected chi connectivity index (χ1v) is 4.59. The molecule has 78 valence electrons. The number of hydrogen-bond acceptors (Lipinski definition) is 3. The van der Waals surface area contributed by atoms with Crippen molar-refractivity contribution in [3.8, 4) is 0 Å². The van der Waals surface area contributed by atoms with Crippen LogP contribution in [0.4, 0.5) is 0 Å². The van der Waals surface area contributed by atoms with Crippen molar-refractivity contribution in [1.82, 2.24) is 0 Å². The van der Waals surface area contributed by atoms with Gasteiger partial charge in [-0.1, -0.05) is 32.0 Å². The Morgan fingerprint density at radius 1 is 1.36 bits per heavy atom. The number of carbonyl (C=O) groups is 1. The standard InChI is InChI=1S/C9H10O3.C2H6/c1-7-4-2-3-5-8(7)9(11)12-6-10;1-2/h2-5,10H,6H2,1H3;1-2H3. The number of aryl methyl sites for hydroxylation is 1. The monoisotopic (exact) mass is 196 g/mol. The molecule has 0 radical (unpaired) electrons. The van der Waals surface area contributed by atoms with Gasteiger partial charge in [-0.15, -0.1) is 0 Å². The van der Waals surface area contributed by atoms with Gasteiger partial charge in [-0.25, -0.2) is 4.79 Å². The molecule has 0 atom stereocenters. The maximum absolute atomic E-state index is 11.1. The van der Waals surface area contributed by atoms with E-state index in [0.29, 0.717) is 5.56 Å². The van der Waals surface area contributed by atoms with Crippen LogP contribution in [0.25, 0.3) is 0 Å². The maximum Gasteiger partial charge on any atom is 0.340 e. The molecule has 0 aliphatic heterocycles.